The SMILES string of the molecule is CC(=O)NC1CCN(C(=O)Cn2cc(N)cn2)CC1. The second-order valence-electron chi connectivity index (χ2n) is 4.83. The highest BCUT2D eigenvalue weighted by Gasteiger charge is 2.23. The van der Waals surface area contributed by atoms with E-state index in [0.29, 0.717) is 18.8 Å². The van der Waals surface area contributed by atoms with Crippen LogP contribution in [0.1, 0.15) is 19.8 Å². The standard InChI is InChI=1S/C12H19N5O2/c1-9(18)15-11-2-4-16(5-3-11)12(19)8-17-7-10(13)6-14-17/h6-7,11H,2-5,8,13H2,1H3,(H,15,18). The summed E-state index contributed by atoms with van der Waals surface area (Å²) in [5.41, 5.74) is 6.10. The highest BCUT2D eigenvalue weighted by Crippen LogP contribution is 2.11. The number of carbonyl (C=O) groups is 2. The molecule has 2 heterocycles. The fourth-order valence-corrected chi connectivity index (χ4v) is 2.27. The fourth-order valence-electron chi connectivity index (χ4n) is 2.27. The Kier molecular flexibility index (Phi) is 4.03. The lowest BCUT2D eigenvalue weighted by Gasteiger charge is -2.32. The maximum absolute atomic E-state index is 12.0. The van der Waals surface area contributed by atoms with Gasteiger partial charge in [-0.2, -0.15) is 5.10 Å². The number of carbonyl (C=O) groups excluding carboxylic acids is 2. The number of amides is 2. The molecule has 7 heteroatoms. The van der Waals surface area contributed by atoms with Crippen molar-refractivity contribution in [2.75, 3.05) is 18.8 Å². The summed E-state index contributed by atoms with van der Waals surface area (Å²) in [5.74, 6) is 0.0150. The molecule has 2 rings (SSSR count). The minimum Gasteiger partial charge on any atom is -0.396 e. The number of nitrogen functional groups attached to an aromatic ring is 1. The summed E-state index contributed by atoms with van der Waals surface area (Å²) in [6.07, 6.45) is 4.76. The van der Waals surface area contributed by atoms with E-state index in [9.17, 15) is 9.59 Å². The van der Waals surface area contributed by atoms with E-state index in [0.717, 1.165) is 12.8 Å². The van der Waals surface area contributed by atoms with Gasteiger partial charge in [0.25, 0.3) is 0 Å². The highest BCUT2D eigenvalue weighted by atomic mass is 16.2. The largest absolute Gasteiger partial charge is 0.396 e. The van der Waals surface area contributed by atoms with E-state index in [2.05, 4.69) is 10.4 Å². The molecule has 0 bridgehead atoms. The van der Waals surface area contributed by atoms with Crippen LogP contribution in [0.3, 0.4) is 0 Å². The van der Waals surface area contributed by atoms with Gasteiger partial charge in [0.15, 0.2) is 0 Å². The molecule has 3 N–H and O–H groups in total. The lowest BCUT2D eigenvalue weighted by molar-refractivity contribution is -0.133. The minimum atomic E-state index is -0.0169. The highest BCUT2D eigenvalue weighted by molar-refractivity contribution is 5.76. The second-order valence-corrected chi connectivity index (χ2v) is 4.83. The normalized spacial score (nSPS) is 16.4. The second kappa shape index (κ2) is 5.73. The molecule has 1 fully saturated rings. The van der Waals surface area contributed by atoms with Crippen LogP contribution in [0, 0.1) is 0 Å². The van der Waals surface area contributed by atoms with Gasteiger partial charge in [0.05, 0.1) is 11.9 Å². The van der Waals surface area contributed by atoms with Crippen molar-refractivity contribution in [1.82, 2.24) is 20.0 Å². The Morgan fingerprint density at radius 3 is 2.68 bits per heavy atom. The van der Waals surface area contributed by atoms with Crippen molar-refractivity contribution in [3.05, 3.63) is 12.4 Å². The van der Waals surface area contributed by atoms with Gasteiger partial charge in [-0.25, -0.2) is 0 Å². The number of nitrogens with one attached hydrogen (secondary N) is 1. The zero-order valence-corrected chi connectivity index (χ0v) is 11.0. The molecular formula is C12H19N5O2. The monoisotopic (exact) mass is 265 g/mol. The van der Waals surface area contributed by atoms with Crippen molar-refractivity contribution >= 4 is 17.5 Å². The molecule has 19 heavy (non-hydrogen) atoms. The maximum atomic E-state index is 12.0. The van der Waals surface area contributed by atoms with Gasteiger partial charge < -0.3 is 16.0 Å². The molecule has 0 radical (unpaired) electrons. The zero-order chi connectivity index (χ0) is 13.8. The number of likely N-dealkylation sites (tertiary alicyclic amines) is 1. The van der Waals surface area contributed by atoms with E-state index in [1.165, 1.54) is 17.8 Å². The average molecular weight is 265 g/mol. The van der Waals surface area contributed by atoms with E-state index < -0.39 is 0 Å². The number of nitrogens with zero attached hydrogens (tertiary/aromatic N) is 3. The molecule has 104 valence electrons. The predicted molar refractivity (Wildman–Crippen MR) is 70.1 cm³/mol. The molecule has 1 aromatic heterocycles. The lowest BCUT2D eigenvalue weighted by atomic mass is 10.1. The summed E-state index contributed by atoms with van der Waals surface area (Å²) in [7, 11) is 0. The summed E-state index contributed by atoms with van der Waals surface area (Å²) in [6, 6.07) is 0.182. The lowest BCUT2D eigenvalue weighted by Crippen LogP contribution is -2.46. The van der Waals surface area contributed by atoms with Crippen molar-refractivity contribution in [3.63, 3.8) is 0 Å². The van der Waals surface area contributed by atoms with Crippen LogP contribution in [0.5, 0.6) is 0 Å². The van der Waals surface area contributed by atoms with Gasteiger partial charge in [-0.3, -0.25) is 14.3 Å². The van der Waals surface area contributed by atoms with Crippen molar-refractivity contribution in [1.29, 1.82) is 0 Å². The van der Waals surface area contributed by atoms with E-state index in [-0.39, 0.29) is 24.4 Å². The molecule has 1 aliphatic heterocycles. The van der Waals surface area contributed by atoms with E-state index in [4.69, 9.17) is 5.73 Å². The molecule has 1 aliphatic rings. The van der Waals surface area contributed by atoms with E-state index >= 15 is 0 Å². The number of nitrogens with two attached hydrogens (primary N) is 1. The topological polar surface area (TPSA) is 93.2 Å². The summed E-state index contributed by atoms with van der Waals surface area (Å²) in [4.78, 5) is 24.8. The van der Waals surface area contributed by atoms with Gasteiger partial charge in [-0.15, -0.1) is 0 Å². The number of rotatable bonds is 3. The van der Waals surface area contributed by atoms with Gasteiger partial charge in [-0.1, -0.05) is 0 Å². The van der Waals surface area contributed by atoms with Gasteiger partial charge in [-0.05, 0) is 12.8 Å². The first kappa shape index (κ1) is 13.4. The van der Waals surface area contributed by atoms with Gasteiger partial charge in [0, 0.05) is 32.3 Å². The van der Waals surface area contributed by atoms with Gasteiger partial charge >= 0.3 is 0 Å². The van der Waals surface area contributed by atoms with Crippen LogP contribution < -0.4 is 11.1 Å². The van der Waals surface area contributed by atoms with Crippen LogP contribution in [0.4, 0.5) is 5.69 Å². The van der Waals surface area contributed by atoms with Crippen LogP contribution >= 0.6 is 0 Å². The number of anilines is 1. The molecule has 0 saturated carbocycles. The van der Waals surface area contributed by atoms with E-state index in [1.54, 1.807) is 11.1 Å². The number of hydrogen-bond acceptors (Lipinski definition) is 4. The summed E-state index contributed by atoms with van der Waals surface area (Å²) in [5, 5.41) is 6.88. The van der Waals surface area contributed by atoms with Gasteiger partial charge in [0.2, 0.25) is 11.8 Å². The molecule has 2 amide bonds. The molecule has 0 spiro atoms. The van der Waals surface area contributed by atoms with Crippen molar-refractivity contribution < 1.29 is 9.59 Å². The molecule has 0 unspecified atom stereocenters. The zero-order valence-electron chi connectivity index (χ0n) is 11.0. The van der Waals surface area contributed by atoms with Gasteiger partial charge in [0.1, 0.15) is 6.54 Å². The Morgan fingerprint density at radius 1 is 1.47 bits per heavy atom. The fraction of sp³-hybridized carbons (Fsp3) is 0.583. The first-order valence-corrected chi connectivity index (χ1v) is 6.37. The third-order valence-electron chi connectivity index (χ3n) is 3.21. The molecule has 0 aromatic carbocycles. The Morgan fingerprint density at radius 2 is 2.16 bits per heavy atom. The Hall–Kier alpha value is -2.05. The number of piperidine rings is 1. The van der Waals surface area contributed by atoms with Crippen LogP contribution in [0.25, 0.3) is 0 Å². The first-order valence-electron chi connectivity index (χ1n) is 6.37. The van der Waals surface area contributed by atoms with Crippen LogP contribution in [-0.4, -0.2) is 45.6 Å². The van der Waals surface area contributed by atoms with Crippen LogP contribution in [0.15, 0.2) is 12.4 Å². The Bertz CT molecular complexity index is 462. The Balaban J connectivity index is 1.80. The molecule has 1 saturated heterocycles. The van der Waals surface area contributed by atoms with Crippen molar-refractivity contribution in [2.24, 2.45) is 0 Å². The van der Waals surface area contributed by atoms with Crippen LogP contribution in [0.2, 0.25) is 0 Å². The molecule has 1 aromatic rings. The predicted octanol–water partition coefficient (Wildman–Crippen LogP) is -0.408. The maximum Gasteiger partial charge on any atom is 0.244 e. The molecule has 0 aliphatic carbocycles. The minimum absolute atomic E-state index is 0.0169. The molecule has 0 atom stereocenters. The summed E-state index contributed by atoms with van der Waals surface area (Å²) >= 11 is 0. The van der Waals surface area contributed by atoms with Crippen molar-refractivity contribution in [3.8, 4) is 0 Å². The average Bonchev–Trinajstić information content (AvgIpc) is 2.75. The summed E-state index contributed by atoms with van der Waals surface area (Å²) in [6.45, 7) is 3.06. The third kappa shape index (κ3) is 3.70. The van der Waals surface area contributed by atoms with Crippen molar-refractivity contribution in [2.45, 2.75) is 32.4 Å². The van der Waals surface area contributed by atoms with E-state index in [1.807, 2.05) is 0 Å². The Labute approximate surface area is 111 Å². The molecule has 7 nitrogen and oxygen atoms in total. The smallest absolute Gasteiger partial charge is 0.244 e. The first-order chi connectivity index (χ1) is 9.04. The molecular weight excluding hydrogens is 246 g/mol. The summed E-state index contributed by atoms with van der Waals surface area (Å²) < 4.78 is 1.54. The van der Waals surface area contributed by atoms with Crippen LogP contribution in [-0.2, 0) is 16.1 Å². The number of hydrogen-bond donors (Lipinski definition) is 2. The quantitative estimate of drug-likeness (QED) is 0.777. The third-order valence-corrected chi connectivity index (χ3v) is 3.21. The number of aromatic nitrogens is 2.